The Morgan fingerprint density at radius 1 is 1.07 bits per heavy atom. The van der Waals surface area contributed by atoms with Gasteiger partial charge in [0.2, 0.25) is 0 Å². The molecule has 0 atom stereocenters. The summed E-state index contributed by atoms with van der Waals surface area (Å²) in [6.07, 6.45) is -4.48. The van der Waals surface area contributed by atoms with Gasteiger partial charge in [-0.2, -0.15) is 13.2 Å². The molecule has 86 valence electrons. The highest BCUT2D eigenvalue weighted by Crippen LogP contribution is 2.31. The van der Waals surface area contributed by atoms with Crippen LogP contribution < -0.4 is 0 Å². The van der Waals surface area contributed by atoms with Gasteiger partial charge >= 0.3 is 6.18 Å². The van der Waals surface area contributed by atoms with Gasteiger partial charge in [-0.25, -0.2) is 4.39 Å². The van der Waals surface area contributed by atoms with Gasteiger partial charge in [0.1, 0.15) is 5.82 Å². The molecule has 0 aliphatic rings. The van der Waals surface area contributed by atoms with Crippen LogP contribution in [-0.4, -0.2) is 0 Å². The Labute approximate surface area is 86.9 Å². The largest absolute Gasteiger partial charge is 0.416 e. The first-order valence-corrected chi connectivity index (χ1v) is 4.18. The van der Waals surface area contributed by atoms with Crippen LogP contribution in [0.2, 0.25) is 0 Å². The first-order chi connectivity index (χ1) is 6.30. The van der Waals surface area contributed by atoms with Crippen molar-refractivity contribution in [2.75, 3.05) is 0 Å². The molecule has 0 N–H and O–H groups in total. The highest BCUT2D eigenvalue weighted by Gasteiger charge is 2.31. The predicted octanol–water partition coefficient (Wildman–Crippen LogP) is 4.60. The van der Waals surface area contributed by atoms with Gasteiger partial charge in [-0.3, -0.25) is 0 Å². The number of halogens is 4. The molecule has 1 aromatic carbocycles. The molecule has 0 unspecified atom stereocenters. The summed E-state index contributed by atoms with van der Waals surface area (Å²) in [5.41, 5.74) is -0.571. The van der Waals surface area contributed by atoms with E-state index < -0.39 is 17.6 Å². The minimum atomic E-state index is -4.48. The summed E-state index contributed by atoms with van der Waals surface area (Å²) in [6.45, 7) is 3.43. The molecular formula is C11H14F4. The summed E-state index contributed by atoms with van der Waals surface area (Å²) >= 11 is 0. The molecule has 4 heteroatoms. The van der Waals surface area contributed by atoms with Crippen molar-refractivity contribution >= 4 is 0 Å². The van der Waals surface area contributed by atoms with Crippen LogP contribution in [0.5, 0.6) is 0 Å². The van der Waals surface area contributed by atoms with E-state index in [1.54, 1.807) is 13.8 Å². The molecule has 0 saturated heterocycles. The number of rotatable bonds is 1. The Bertz CT molecular complexity index is 326. The van der Waals surface area contributed by atoms with Crippen molar-refractivity contribution in [2.24, 2.45) is 0 Å². The predicted molar refractivity (Wildman–Crippen MR) is 52.2 cm³/mol. The SMILES string of the molecule is C.CC(C)c1cc(F)cc(C(F)(F)F)c1. The van der Waals surface area contributed by atoms with E-state index in [0.29, 0.717) is 11.6 Å². The van der Waals surface area contributed by atoms with E-state index in [0.717, 1.165) is 12.1 Å². The molecule has 1 aromatic rings. The number of benzene rings is 1. The van der Waals surface area contributed by atoms with Crippen LogP contribution in [0.3, 0.4) is 0 Å². The fraction of sp³-hybridized carbons (Fsp3) is 0.455. The van der Waals surface area contributed by atoms with Gasteiger partial charge in [-0.15, -0.1) is 0 Å². The zero-order chi connectivity index (χ0) is 10.9. The van der Waals surface area contributed by atoms with Gasteiger partial charge in [-0.05, 0) is 29.7 Å². The first kappa shape index (κ1) is 13.9. The summed E-state index contributed by atoms with van der Waals surface area (Å²) in [5.74, 6) is -0.963. The molecule has 15 heavy (non-hydrogen) atoms. The molecule has 0 fully saturated rings. The van der Waals surface area contributed by atoms with Crippen molar-refractivity contribution in [3.63, 3.8) is 0 Å². The molecule has 0 amide bonds. The van der Waals surface area contributed by atoms with E-state index in [4.69, 9.17) is 0 Å². The molecule has 0 aromatic heterocycles. The molecular weight excluding hydrogens is 208 g/mol. The third-order valence-electron chi connectivity index (χ3n) is 1.91. The molecule has 0 aliphatic heterocycles. The fourth-order valence-corrected chi connectivity index (χ4v) is 1.11. The average molecular weight is 222 g/mol. The Kier molecular flexibility index (Phi) is 4.31. The standard InChI is InChI=1S/C10H10F4.CH4/c1-6(2)7-3-8(10(12,13)14)5-9(11)4-7;/h3-6H,1-2H3;1H4. The zero-order valence-electron chi connectivity index (χ0n) is 7.82. The van der Waals surface area contributed by atoms with Crippen molar-refractivity contribution in [2.45, 2.75) is 33.4 Å². The molecule has 0 bridgehead atoms. The minimum Gasteiger partial charge on any atom is -0.207 e. The maximum absolute atomic E-state index is 12.8. The Morgan fingerprint density at radius 3 is 2.00 bits per heavy atom. The summed E-state index contributed by atoms with van der Waals surface area (Å²) in [6, 6.07) is 2.61. The summed E-state index contributed by atoms with van der Waals surface area (Å²) in [5, 5.41) is 0. The lowest BCUT2D eigenvalue weighted by Gasteiger charge is -2.11. The second-order valence-electron chi connectivity index (χ2n) is 3.43. The smallest absolute Gasteiger partial charge is 0.207 e. The lowest BCUT2D eigenvalue weighted by Crippen LogP contribution is -2.06. The zero-order valence-corrected chi connectivity index (χ0v) is 7.82. The second kappa shape index (κ2) is 4.64. The van der Waals surface area contributed by atoms with Crippen LogP contribution in [0.15, 0.2) is 18.2 Å². The van der Waals surface area contributed by atoms with Crippen molar-refractivity contribution in [3.8, 4) is 0 Å². The lowest BCUT2D eigenvalue weighted by atomic mass is 10.0. The summed E-state index contributed by atoms with van der Waals surface area (Å²) in [4.78, 5) is 0. The van der Waals surface area contributed by atoms with E-state index in [2.05, 4.69) is 0 Å². The van der Waals surface area contributed by atoms with E-state index >= 15 is 0 Å². The van der Waals surface area contributed by atoms with Gasteiger partial charge < -0.3 is 0 Å². The van der Waals surface area contributed by atoms with Crippen molar-refractivity contribution in [3.05, 3.63) is 35.1 Å². The number of hydrogen-bond donors (Lipinski definition) is 0. The van der Waals surface area contributed by atoms with Crippen LogP contribution in [-0.2, 0) is 6.18 Å². The van der Waals surface area contributed by atoms with Gasteiger partial charge in [0.15, 0.2) is 0 Å². The third-order valence-corrected chi connectivity index (χ3v) is 1.91. The van der Waals surface area contributed by atoms with Crippen molar-refractivity contribution in [1.29, 1.82) is 0 Å². The molecule has 0 aliphatic carbocycles. The quantitative estimate of drug-likeness (QED) is 0.609. The van der Waals surface area contributed by atoms with Crippen molar-refractivity contribution < 1.29 is 17.6 Å². The second-order valence-corrected chi connectivity index (χ2v) is 3.43. The topological polar surface area (TPSA) is 0 Å². The van der Waals surface area contributed by atoms with Crippen LogP contribution in [0.1, 0.15) is 38.3 Å². The van der Waals surface area contributed by atoms with E-state index in [1.165, 1.54) is 0 Å². The van der Waals surface area contributed by atoms with Crippen molar-refractivity contribution in [1.82, 2.24) is 0 Å². The number of hydrogen-bond acceptors (Lipinski definition) is 0. The van der Waals surface area contributed by atoms with Crippen LogP contribution >= 0.6 is 0 Å². The van der Waals surface area contributed by atoms with Gasteiger partial charge in [0.05, 0.1) is 5.56 Å². The lowest BCUT2D eigenvalue weighted by molar-refractivity contribution is -0.137. The highest BCUT2D eigenvalue weighted by atomic mass is 19.4. The molecule has 0 heterocycles. The van der Waals surface area contributed by atoms with E-state index in [-0.39, 0.29) is 13.3 Å². The first-order valence-electron chi connectivity index (χ1n) is 4.18. The Morgan fingerprint density at radius 2 is 1.60 bits per heavy atom. The van der Waals surface area contributed by atoms with Crippen LogP contribution in [0, 0.1) is 5.82 Å². The monoisotopic (exact) mass is 222 g/mol. The Balaban J connectivity index is 0.00000196. The summed E-state index contributed by atoms with van der Waals surface area (Å²) < 4.78 is 49.6. The number of alkyl halides is 3. The normalized spacial score (nSPS) is 11.4. The Hall–Kier alpha value is -1.06. The molecule has 0 nitrogen and oxygen atoms in total. The fourth-order valence-electron chi connectivity index (χ4n) is 1.11. The maximum atomic E-state index is 12.8. The minimum absolute atomic E-state index is 0. The average Bonchev–Trinajstić information content (AvgIpc) is 2.01. The van der Waals surface area contributed by atoms with Gasteiger partial charge in [0, 0.05) is 0 Å². The molecule has 0 saturated carbocycles. The van der Waals surface area contributed by atoms with Crippen LogP contribution in [0.4, 0.5) is 17.6 Å². The highest BCUT2D eigenvalue weighted by molar-refractivity contribution is 5.28. The van der Waals surface area contributed by atoms with E-state index in [9.17, 15) is 17.6 Å². The molecule has 1 rings (SSSR count). The van der Waals surface area contributed by atoms with Crippen LogP contribution in [0.25, 0.3) is 0 Å². The van der Waals surface area contributed by atoms with Gasteiger partial charge in [-0.1, -0.05) is 21.3 Å². The molecule has 0 radical (unpaired) electrons. The van der Waals surface area contributed by atoms with Gasteiger partial charge in [0.25, 0.3) is 0 Å². The molecule has 0 spiro atoms. The summed E-state index contributed by atoms with van der Waals surface area (Å²) in [7, 11) is 0. The van der Waals surface area contributed by atoms with E-state index in [1.807, 2.05) is 0 Å². The third kappa shape index (κ3) is 3.53. The maximum Gasteiger partial charge on any atom is 0.416 e.